The number of methoxy groups -OCH3 is 1. The van der Waals surface area contributed by atoms with Gasteiger partial charge in [0.25, 0.3) is 5.56 Å². The average molecular weight is 277 g/mol. The van der Waals surface area contributed by atoms with E-state index >= 15 is 0 Å². The molecule has 1 aliphatic carbocycles. The Morgan fingerprint density at radius 2 is 2.30 bits per heavy atom. The first-order valence-electron chi connectivity index (χ1n) is 7.53. The zero-order valence-electron chi connectivity index (χ0n) is 12.3. The van der Waals surface area contributed by atoms with E-state index < -0.39 is 5.60 Å². The van der Waals surface area contributed by atoms with Crippen molar-refractivity contribution in [3.05, 3.63) is 27.4 Å². The van der Waals surface area contributed by atoms with Gasteiger partial charge in [-0.3, -0.25) is 4.79 Å². The molecular formula is C15H23N3O2. The van der Waals surface area contributed by atoms with Crippen molar-refractivity contribution < 1.29 is 4.74 Å². The quantitative estimate of drug-likeness (QED) is 0.859. The number of hydrogen-bond donors (Lipinski definition) is 2. The molecule has 1 aromatic rings. The summed E-state index contributed by atoms with van der Waals surface area (Å²) in [5, 5.41) is 3.22. The molecule has 0 saturated heterocycles. The SMILES string of the molecule is COC1(c2nc3c(c(=O)[nH]2)CNCC3)CCCC(C)C1. The number of fused-ring (bicyclic) bond motifs is 1. The number of rotatable bonds is 2. The second kappa shape index (κ2) is 5.30. The van der Waals surface area contributed by atoms with Crippen molar-refractivity contribution in [3.63, 3.8) is 0 Å². The van der Waals surface area contributed by atoms with Crippen LogP contribution in [0.1, 0.15) is 49.7 Å². The molecule has 1 aromatic heterocycles. The van der Waals surface area contributed by atoms with Crippen LogP contribution in [0.2, 0.25) is 0 Å². The molecule has 2 N–H and O–H groups in total. The van der Waals surface area contributed by atoms with Crippen LogP contribution in [0.4, 0.5) is 0 Å². The molecule has 20 heavy (non-hydrogen) atoms. The smallest absolute Gasteiger partial charge is 0.255 e. The lowest BCUT2D eigenvalue weighted by molar-refractivity contribution is -0.0649. The molecule has 2 aliphatic rings. The molecule has 3 rings (SSSR count). The van der Waals surface area contributed by atoms with Crippen LogP contribution in [0, 0.1) is 5.92 Å². The van der Waals surface area contributed by atoms with E-state index in [1.165, 1.54) is 6.42 Å². The van der Waals surface area contributed by atoms with Crippen molar-refractivity contribution in [2.75, 3.05) is 13.7 Å². The largest absolute Gasteiger partial charge is 0.370 e. The minimum absolute atomic E-state index is 0.00754. The molecule has 0 radical (unpaired) electrons. The van der Waals surface area contributed by atoms with Crippen LogP contribution in [0.3, 0.4) is 0 Å². The van der Waals surface area contributed by atoms with Gasteiger partial charge in [0.1, 0.15) is 11.4 Å². The van der Waals surface area contributed by atoms with Gasteiger partial charge in [0, 0.05) is 26.6 Å². The third-order valence-corrected chi connectivity index (χ3v) is 4.72. The summed E-state index contributed by atoms with van der Waals surface area (Å²) in [5.41, 5.74) is 1.32. The number of ether oxygens (including phenoxy) is 1. The van der Waals surface area contributed by atoms with E-state index in [9.17, 15) is 4.79 Å². The fourth-order valence-electron chi connectivity index (χ4n) is 3.57. The van der Waals surface area contributed by atoms with E-state index in [-0.39, 0.29) is 5.56 Å². The predicted octanol–water partition coefficient (Wildman–Crippen LogP) is 1.47. The number of hydrogen-bond acceptors (Lipinski definition) is 4. The van der Waals surface area contributed by atoms with Crippen LogP contribution in [0.25, 0.3) is 0 Å². The van der Waals surface area contributed by atoms with Crippen LogP contribution < -0.4 is 10.9 Å². The maximum atomic E-state index is 12.3. The van der Waals surface area contributed by atoms with Crippen LogP contribution in [0.5, 0.6) is 0 Å². The summed E-state index contributed by atoms with van der Waals surface area (Å²) in [4.78, 5) is 20.0. The van der Waals surface area contributed by atoms with Gasteiger partial charge in [-0.2, -0.15) is 0 Å². The third-order valence-electron chi connectivity index (χ3n) is 4.72. The third kappa shape index (κ3) is 2.29. The first kappa shape index (κ1) is 13.8. The highest BCUT2D eigenvalue weighted by atomic mass is 16.5. The topological polar surface area (TPSA) is 67.0 Å². The van der Waals surface area contributed by atoms with Gasteiger partial charge in [-0.15, -0.1) is 0 Å². The van der Waals surface area contributed by atoms with Gasteiger partial charge in [-0.25, -0.2) is 4.98 Å². The summed E-state index contributed by atoms with van der Waals surface area (Å²) in [6.07, 6.45) is 5.04. The molecule has 0 aromatic carbocycles. The van der Waals surface area contributed by atoms with E-state index in [4.69, 9.17) is 9.72 Å². The van der Waals surface area contributed by atoms with Gasteiger partial charge in [0.05, 0.1) is 11.3 Å². The Kier molecular flexibility index (Phi) is 3.65. The number of aromatic amines is 1. The minimum Gasteiger partial charge on any atom is -0.370 e. The van der Waals surface area contributed by atoms with E-state index in [1.807, 2.05) is 0 Å². The van der Waals surface area contributed by atoms with E-state index in [0.717, 1.165) is 49.3 Å². The Morgan fingerprint density at radius 3 is 3.05 bits per heavy atom. The van der Waals surface area contributed by atoms with Gasteiger partial charge >= 0.3 is 0 Å². The monoisotopic (exact) mass is 277 g/mol. The van der Waals surface area contributed by atoms with Gasteiger partial charge < -0.3 is 15.0 Å². The van der Waals surface area contributed by atoms with Crippen molar-refractivity contribution in [2.45, 2.75) is 51.2 Å². The van der Waals surface area contributed by atoms with E-state index in [2.05, 4.69) is 17.2 Å². The van der Waals surface area contributed by atoms with Gasteiger partial charge in [-0.05, 0) is 25.2 Å². The van der Waals surface area contributed by atoms with Crippen molar-refractivity contribution >= 4 is 0 Å². The zero-order chi connectivity index (χ0) is 14.2. The molecule has 2 unspecified atom stereocenters. The maximum Gasteiger partial charge on any atom is 0.255 e. The summed E-state index contributed by atoms with van der Waals surface area (Å²) in [6.45, 7) is 3.75. The number of H-pyrrole nitrogens is 1. The Balaban J connectivity index is 2.04. The number of aromatic nitrogens is 2. The molecule has 1 saturated carbocycles. The Hall–Kier alpha value is -1.20. The molecule has 2 heterocycles. The maximum absolute atomic E-state index is 12.3. The summed E-state index contributed by atoms with van der Waals surface area (Å²) < 4.78 is 5.83. The second-order valence-corrected chi connectivity index (χ2v) is 6.17. The summed E-state index contributed by atoms with van der Waals surface area (Å²) in [7, 11) is 1.74. The molecule has 1 fully saturated rings. The summed E-state index contributed by atoms with van der Waals surface area (Å²) in [6, 6.07) is 0. The predicted molar refractivity (Wildman–Crippen MR) is 76.6 cm³/mol. The second-order valence-electron chi connectivity index (χ2n) is 6.17. The molecule has 5 nitrogen and oxygen atoms in total. The molecule has 0 amide bonds. The highest BCUT2D eigenvalue weighted by Gasteiger charge is 2.39. The number of nitrogens with zero attached hydrogens (tertiary/aromatic N) is 1. The lowest BCUT2D eigenvalue weighted by Crippen LogP contribution is -2.40. The Morgan fingerprint density at radius 1 is 1.45 bits per heavy atom. The molecule has 0 bridgehead atoms. The van der Waals surface area contributed by atoms with E-state index in [0.29, 0.717) is 12.5 Å². The average Bonchev–Trinajstić information content (AvgIpc) is 2.47. The van der Waals surface area contributed by atoms with Crippen molar-refractivity contribution in [1.82, 2.24) is 15.3 Å². The van der Waals surface area contributed by atoms with Crippen LogP contribution in [0.15, 0.2) is 4.79 Å². The first-order chi connectivity index (χ1) is 9.64. The standard InChI is InChI=1S/C15H23N3O2/c1-10-4-3-6-15(8-10,20-2)14-17-12-5-7-16-9-11(12)13(19)18-14/h10,16H,3-9H2,1-2H3,(H,17,18,19). The molecule has 5 heteroatoms. The molecule has 1 aliphatic heterocycles. The highest BCUT2D eigenvalue weighted by molar-refractivity contribution is 5.22. The van der Waals surface area contributed by atoms with Crippen LogP contribution >= 0.6 is 0 Å². The summed E-state index contributed by atoms with van der Waals surface area (Å²) >= 11 is 0. The lowest BCUT2D eigenvalue weighted by atomic mass is 9.78. The van der Waals surface area contributed by atoms with Crippen LogP contribution in [-0.2, 0) is 23.3 Å². The van der Waals surface area contributed by atoms with Gasteiger partial charge in [0.15, 0.2) is 0 Å². The minimum atomic E-state index is -0.406. The fourth-order valence-corrected chi connectivity index (χ4v) is 3.57. The van der Waals surface area contributed by atoms with Crippen molar-refractivity contribution in [3.8, 4) is 0 Å². The highest BCUT2D eigenvalue weighted by Crippen LogP contribution is 2.40. The lowest BCUT2D eigenvalue weighted by Gasteiger charge is -2.38. The fraction of sp³-hybridized carbons (Fsp3) is 0.733. The zero-order valence-corrected chi connectivity index (χ0v) is 12.3. The van der Waals surface area contributed by atoms with Crippen molar-refractivity contribution in [1.29, 1.82) is 0 Å². The Bertz CT molecular complexity index is 555. The van der Waals surface area contributed by atoms with Crippen LogP contribution in [-0.4, -0.2) is 23.6 Å². The van der Waals surface area contributed by atoms with E-state index in [1.54, 1.807) is 7.11 Å². The normalized spacial score (nSPS) is 30.0. The Labute approximate surface area is 119 Å². The molecule has 0 spiro atoms. The van der Waals surface area contributed by atoms with Gasteiger partial charge in [-0.1, -0.05) is 13.3 Å². The number of nitrogens with one attached hydrogen (secondary N) is 2. The molecule has 110 valence electrons. The van der Waals surface area contributed by atoms with Crippen molar-refractivity contribution in [2.24, 2.45) is 5.92 Å². The van der Waals surface area contributed by atoms with Gasteiger partial charge in [0.2, 0.25) is 0 Å². The molecular weight excluding hydrogens is 254 g/mol. The summed E-state index contributed by atoms with van der Waals surface area (Å²) in [5.74, 6) is 1.34. The molecule has 2 atom stereocenters. The first-order valence-corrected chi connectivity index (χ1v) is 7.53.